The molecule has 0 saturated heterocycles. The highest BCUT2D eigenvalue weighted by atomic mass is 35.5. The lowest BCUT2D eigenvalue weighted by Gasteiger charge is -2.16. The molecule has 1 atom stereocenters. The predicted molar refractivity (Wildman–Crippen MR) is 131 cm³/mol. The Hall–Kier alpha value is -3.88. The number of hydrogen-bond donors (Lipinski definition) is 4. The molecular formula is C26H23ClN2O6. The van der Waals surface area contributed by atoms with Crippen LogP contribution in [-0.4, -0.2) is 47.4 Å². The van der Waals surface area contributed by atoms with Gasteiger partial charge in [0, 0.05) is 35.2 Å². The van der Waals surface area contributed by atoms with Gasteiger partial charge in [-0.1, -0.05) is 60.1 Å². The van der Waals surface area contributed by atoms with Crippen LogP contribution >= 0.6 is 11.6 Å². The molecule has 1 aliphatic rings. The zero-order chi connectivity index (χ0) is 24.9. The van der Waals surface area contributed by atoms with Crippen molar-refractivity contribution < 1.29 is 29.3 Å². The molecule has 3 aromatic carbocycles. The Morgan fingerprint density at radius 3 is 2.20 bits per heavy atom. The Bertz CT molecular complexity index is 1230. The molecule has 1 aliphatic carbocycles. The molecule has 4 N–H and O–H groups in total. The van der Waals surface area contributed by atoms with E-state index in [4.69, 9.17) is 21.4 Å². The molecular weight excluding hydrogens is 472 g/mol. The van der Waals surface area contributed by atoms with Crippen molar-refractivity contribution in [2.24, 2.45) is 0 Å². The van der Waals surface area contributed by atoms with Gasteiger partial charge in [0.05, 0.1) is 0 Å². The van der Waals surface area contributed by atoms with E-state index in [1.54, 1.807) is 0 Å². The van der Waals surface area contributed by atoms with Crippen LogP contribution in [0.2, 0.25) is 5.02 Å². The van der Waals surface area contributed by atoms with Crippen LogP contribution < -0.4 is 10.6 Å². The third-order valence-electron chi connectivity index (χ3n) is 5.77. The molecule has 180 valence electrons. The summed E-state index contributed by atoms with van der Waals surface area (Å²) in [6, 6.07) is 18.9. The van der Waals surface area contributed by atoms with E-state index < -0.39 is 30.6 Å². The van der Waals surface area contributed by atoms with E-state index in [2.05, 4.69) is 10.6 Å². The van der Waals surface area contributed by atoms with Crippen molar-refractivity contribution in [1.82, 2.24) is 5.32 Å². The van der Waals surface area contributed by atoms with Gasteiger partial charge < -0.3 is 20.3 Å². The number of aliphatic hydroxyl groups is 1. The highest BCUT2D eigenvalue weighted by molar-refractivity contribution is 6.31. The molecule has 0 saturated carbocycles. The van der Waals surface area contributed by atoms with Gasteiger partial charge in [0.2, 0.25) is 0 Å². The van der Waals surface area contributed by atoms with Gasteiger partial charge in [0.1, 0.15) is 12.6 Å². The number of nitrogens with one attached hydrogen (secondary N) is 2. The lowest BCUT2D eigenvalue weighted by Crippen LogP contribution is -2.41. The van der Waals surface area contributed by atoms with E-state index in [1.807, 2.05) is 48.5 Å². The molecule has 0 fully saturated rings. The van der Waals surface area contributed by atoms with Gasteiger partial charge in [-0.05, 0) is 40.5 Å². The zero-order valence-electron chi connectivity index (χ0n) is 18.5. The number of aliphatic hydroxyl groups excluding tert-OH is 1. The van der Waals surface area contributed by atoms with Gasteiger partial charge in [0.15, 0.2) is 0 Å². The summed E-state index contributed by atoms with van der Waals surface area (Å²) >= 11 is 6.10. The fourth-order valence-electron chi connectivity index (χ4n) is 4.17. The number of aliphatic carboxylic acids is 1. The van der Waals surface area contributed by atoms with Crippen LogP contribution in [0.4, 0.5) is 10.5 Å². The van der Waals surface area contributed by atoms with E-state index in [0.29, 0.717) is 0 Å². The quantitative estimate of drug-likeness (QED) is 0.370. The normalized spacial score (nSPS) is 12.9. The number of amides is 2. The number of fused-ring (bicyclic) bond motifs is 3. The number of halogens is 1. The first-order chi connectivity index (χ1) is 16.9. The first-order valence-corrected chi connectivity index (χ1v) is 11.3. The maximum Gasteiger partial charge on any atom is 0.411 e. The van der Waals surface area contributed by atoms with Crippen molar-refractivity contribution >= 4 is 35.3 Å². The molecule has 0 heterocycles. The fraction of sp³-hybridized carbons (Fsp3) is 0.192. The molecule has 9 heteroatoms. The second kappa shape index (κ2) is 10.6. The van der Waals surface area contributed by atoms with E-state index in [1.165, 1.54) is 18.2 Å². The smallest absolute Gasteiger partial charge is 0.411 e. The molecule has 4 rings (SSSR count). The standard InChI is InChI=1S/C26H23ClN2O6/c27-16-11-15(24(31)29-23(9-10-30)25(32)33)12-17(13-16)28-26(34)35-14-22-20-7-3-1-5-18(20)19-6-2-4-8-21(19)22/h1-8,11-13,22-23,30H,9-10,14H2,(H,28,34)(H,29,31)(H,32,33). The van der Waals surface area contributed by atoms with Crippen molar-refractivity contribution in [3.63, 3.8) is 0 Å². The summed E-state index contributed by atoms with van der Waals surface area (Å²) in [6.07, 6.45) is -0.865. The number of benzene rings is 3. The molecule has 0 bridgehead atoms. The molecule has 0 radical (unpaired) electrons. The van der Waals surface area contributed by atoms with Gasteiger partial charge in [-0.15, -0.1) is 0 Å². The Kier molecular flexibility index (Phi) is 7.33. The first-order valence-electron chi connectivity index (χ1n) is 10.9. The molecule has 0 aliphatic heterocycles. The number of ether oxygens (including phenoxy) is 1. The first kappa shape index (κ1) is 24.3. The molecule has 0 aromatic heterocycles. The SMILES string of the molecule is O=C(Nc1cc(Cl)cc(C(=O)NC(CCO)C(=O)O)c1)OCC1c2ccccc2-c2ccccc21. The summed E-state index contributed by atoms with van der Waals surface area (Å²) in [5, 5.41) is 23.2. The second-order valence-electron chi connectivity index (χ2n) is 8.06. The summed E-state index contributed by atoms with van der Waals surface area (Å²) < 4.78 is 5.51. The molecule has 35 heavy (non-hydrogen) atoms. The summed E-state index contributed by atoms with van der Waals surface area (Å²) in [5.41, 5.74) is 4.66. The average molecular weight is 495 g/mol. The van der Waals surface area contributed by atoms with Crippen LogP contribution in [0, 0.1) is 0 Å². The topological polar surface area (TPSA) is 125 Å². The van der Waals surface area contributed by atoms with Crippen molar-refractivity contribution in [3.8, 4) is 11.1 Å². The second-order valence-corrected chi connectivity index (χ2v) is 8.49. The monoisotopic (exact) mass is 494 g/mol. The van der Waals surface area contributed by atoms with Crippen molar-refractivity contribution in [3.05, 3.63) is 88.4 Å². The highest BCUT2D eigenvalue weighted by Crippen LogP contribution is 2.44. The van der Waals surface area contributed by atoms with Crippen LogP contribution in [0.25, 0.3) is 11.1 Å². The van der Waals surface area contributed by atoms with E-state index >= 15 is 0 Å². The van der Waals surface area contributed by atoms with Crippen molar-refractivity contribution in [1.29, 1.82) is 0 Å². The van der Waals surface area contributed by atoms with Gasteiger partial charge in [0.25, 0.3) is 5.91 Å². The van der Waals surface area contributed by atoms with Crippen LogP contribution in [0.1, 0.15) is 33.8 Å². The minimum Gasteiger partial charge on any atom is -0.480 e. The number of anilines is 1. The number of carboxylic acid groups (broad SMARTS) is 1. The number of carbonyl (C=O) groups excluding carboxylic acids is 2. The summed E-state index contributed by atoms with van der Waals surface area (Å²) in [6.45, 7) is -0.281. The summed E-state index contributed by atoms with van der Waals surface area (Å²) in [4.78, 5) is 36.3. The summed E-state index contributed by atoms with van der Waals surface area (Å²) in [7, 11) is 0. The number of carbonyl (C=O) groups is 3. The van der Waals surface area contributed by atoms with Gasteiger partial charge in [-0.2, -0.15) is 0 Å². The van der Waals surface area contributed by atoms with Crippen LogP contribution in [0.15, 0.2) is 66.7 Å². The minimum atomic E-state index is -1.27. The Balaban J connectivity index is 1.43. The molecule has 3 aromatic rings. The third-order valence-corrected chi connectivity index (χ3v) is 5.99. The highest BCUT2D eigenvalue weighted by Gasteiger charge is 2.29. The summed E-state index contributed by atoms with van der Waals surface area (Å²) in [5.74, 6) is -2.08. The molecule has 2 amide bonds. The average Bonchev–Trinajstić information content (AvgIpc) is 3.15. The van der Waals surface area contributed by atoms with E-state index in [9.17, 15) is 19.5 Å². The van der Waals surface area contributed by atoms with Gasteiger partial charge in [-0.3, -0.25) is 10.1 Å². The maximum atomic E-state index is 12.6. The molecule has 0 spiro atoms. The zero-order valence-corrected chi connectivity index (χ0v) is 19.3. The third kappa shape index (κ3) is 5.45. The number of rotatable bonds is 8. The largest absolute Gasteiger partial charge is 0.480 e. The molecule has 8 nitrogen and oxygen atoms in total. The van der Waals surface area contributed by atoms with Crippen LogP contribution in [0.3, 0.4) is 0 Å². The lowest BCUT2D eigenvalue weighted by atomic mass is 9.98. The van der Waals surface area contributed by atoms with Crippen molar-refractivity contribution in [2.75, 3.05) is 18.5 Å². The maximum absolute atomic E-state index is 12.6. The lowest BCUT2D eigenvalue weighted by molar-refractivity contribution is -0.139. The fourth-order valence-corrected chi connectivity index (χ4v) is 4.41. The van der Waals surface area contributed by atoms with E-state index in [-0.39, 0.29) is 35.2 Å². The van der Waals surface area contributed by atoms with Crippen LogP contribution in [-0.2, 0) is 9.53 Å². The Labute approximate surface area is 206 Å². The van der Waals surface area contributed by atoms with Crippen molar-refractivity contribution in [2.45, 2.75) is 18.4 Å². The number of carboxylic acids is 1. The van der Waals surface area contributed by atoms with Crippen LogP contribution in [0.5, 0.6) is 0 Å². The Morgan fingerprint density at radius 1 is 0.971 bits per heavy atom. The van der Waals surface area contributed by atoms with Gasteiger partial charge >= 0.3 is 12.1 Å². The predicted octanol–water partition coefficient (Wildman–Crippen LogP) is 4.27. The number of hydrogen-bond acceptors (Lipinski definition) is 5. The Morgan fingerprint density at radius 2 is 1.60 bits per heavy atom. The minimum absolute atomic E-state index is 0.0515. The molecule has 1 unspecified atom stereocenters. The van der Waals surface area contributed by atoms with Gasteiger partial charge in [-0.25, -0.2) is 9.59 Å². The van der Waals surface area contributed by atoms with E-state index in [0.717, 1.165) is 22.3 Å².